The van der Waals surface area contributed by atoms with Crippen molar-refractivity contribution in [3.05, 3.63) is 56.2 Å². The number of rotatable bonds is 2. The van der Waals surface area contributed by atoms with Gasteiger partial charge in [-0.15, -0.1) is 11.3 Å². The monoisotopic (exact) mass is 340 g/mol. The molecule has 3 heterocycles. The summed E-state index contributed by atoms with van der Waals surface area (Å²) in [6, 6.07) is 3.09. The molecule has 24 heavy (non-hydrogen) atoms. The molecule has 0 radical (unpaired) electrons. The number of allylic oxidation sites excluding steroid dienone is 1. The van der Waals surface area contributed by atoms with Crippen LogP contribution in [0, 0.1) is 28.9 Å². The molecule has 2 aromatic heterocycles. The second-order valence-electron chi connectivity index (χ2n) is 5.41. The predicted molar refractivity (Wildman–Crippen MR) is 94.2 cm³/mol. The van der Waals surface area contributed by atoms with E-state index in [0.29, 0.717) is 18.9 Å². The number of nitro groups is 1. The predicted octanol–water partition coefficient (Wildman–Crippen LogP) is 3.33. The van der Waals surface area contributed by atoms with E-state index in [9.17, 15) is 10.1 Å². The Morgan fingerprint density at radius 3 is 2.88 bits per heavy atom. The zero-order valence-corrected chi connectivity index (χ0v) is 14.0. The molecule has 0 spiro atoms. The van der Waals surface area contributed by atoms with Crippen LogP contribution in [0.4, 0.5) is 11.5 Å². The number of aromatic nitrogens is 2. The van der Waals surface area contributed by atoms with Crippen molar-refractivity contribution in [2.45, 2.75) is 19.8 Å². The maximum Gasteiger partial charge on any atom is 0.311 e. The molecule has 1 aliphatic heterocycles. The molecule has 0 bridgehead atoms. The molecule has 0 amide bonds. The molecule has 122 valence electrons. The summed E-state index contributed by atoms with van der Waals surface area (Å²) < 4.78 is 0. The summed E-state index contributed by atoms with van der Waals surface area (Å²) in [6.45, 7) is 3.38. The molecule has 0 aromatic carbocycles. The molecule has 7 heteroatoms. The van der Waals surface area contributed by atoms with Gasteiger partial charge in [0.25, 0.3) is 0 Å². The zero-order chi connectivity index (χ0) is 16.9. The van der Waals surface area contributed by atoms with E-state index in [1.807, 2.05) is 23.3 Å². The lowest BCUT2D eigenvalue weighted by Crippen LogP contribution is -2.31. The van der Waals surface area contributed by atoms with Crippen LogP contribution >= 0.6 is 11.3 Å². The minimum atomic E-state index is -0.380. The maximum absolute atomic E-state index is 11.1. The molecule has 6 nitrogen and oxygen atoms in total. The number of hydrogen-bond acceptors (Lipinski definition) is 6. The lowest BCUT2D eigenvalue weighted by Gasteiger charge is -2.28. The average molecular weight is 340 g/mol. The van der Waals surface area contributed by atoms with Crippen LogP contribution in [0.2, 0.25) is 0 Å². The Morgan fingerprint density at radius 1 is 1.42 bits per heavy atom. The van der Waals surface area contributed by atoms with Crippen molar-refractivity contribution in [2.75, 3.05) is 18.0 Å². The standard InChI is InChI=1S/C17H16N4O2S/c1-13-19-15(12-24-13)5-2-4-14-7-10-20(11-8-14)17-16(21(22)23)6-3-9-18-17/h3-4,6,9,12H,7-8,10-11H2,1H3. The van der Waals surface area contributed by atoms with E-state index >= 15 is 0 Å². The Labute approximate surface area is 144 Å². The Balaban J connectivity index is 1.65. The van der Waals surface area contributed by atoms with E-state index < -0.39 is 0 Å². The van der Waals surface area contributed by atoms with Gasteiger partial charge < -0.3 is 4.90 Å². The second kappa shape index (κ2) is 7.23. The van der Waals surface area contributed by atoms with Gasteiger partial charge in [-0.1, -0.05) is 11.5 Å². The fraction of sp³-hybridized carbons (Fsp3) is 0.294. The molecule has 1 fully saturated rings. The topological polar surface area (TPSA) is 72.2 Å². The van der Waals surface area contributed by atoms with Crippen LogP contribution < -0.4 is 4.90 Å². The van der Waals surface area contributed by atoms with E-state index in [-0.39, 0.29) is 10.6 Å². The Hall–Kier alpha value is -2.72. The number of pyridine rings is 1. The second-order valence-corrected chi connectivity index (χ2v) is 6.48. The minimum absolute atomic E-state index is 0.0589. The SMILES string of the molecule is Cc1nc(C#CC=C2CCN(c3ncccc3[N+](=O)[O-])CC2)cs1. The first-order chi connectivity index (χ1) is 11.6. The third-order valence-electron chi connectivity index (χ3n) is 3.76. The van der Waals surface area contributed by atoms with Crippen LogP contribution in [0.15, 0.2) is 35.4 Å². The normalized spacial score (nSPS) is 14.0. The highest BCUT2D eigenvalue weighted by Gasteiger charge is 2.23. The Kier molecular flexibility index (Phi) is 4.87. The Bertz CT molecular complexity index is 838. The number of piperidine rings is 1. The highest BCUT2D eigenvalue weighted by molar-refractivity contribution is 7.09. The van der Waals surface area contributed by atoms with Gasteiger partial charge in [-0.05, 0) is 37.8 Å². The summed E-state index contributed by atoms with van der Waals surface area (Å²) >= 11 is 1.59. The molecule has 0 saturated carbocycles. The van der Waals surface area contributed by atoms with Crippen molar-refractivity contribution >= 4 is 22.8 Å². The summed E-state index contributed by atoms with van der Waals surface area (Å²) in [5.74, 6) is 6.55. The minimum Gasteiger partial charge on any atom is -0.350 e. The molecule has 0 unspecified atom stereocenters. The lowest BCUT2D eigenvalue weighted by atomic mass is 10.0. The van der Waals surface area contributed by atoms with Crippen molar-refractivity contribution in [1.82, 2.24) is 9.97 Å². The summed E-state index contributed by atoms with van der Waals surface area (Å²) in [7, 11) is 0. The summed E-state index contributed by atoms with van der Waals surface area (Å²) in [6.07, 6.45) is 5.20. The van der Waals surface area contributed by atoms with Crippen molar-refractivity contribution < 1.29 is 4.92 Å². The average Bonchev–Trinajstić information content (AvgIpc) is 3.01. The van der Waals surface area contributed by atoms with E-state index in [1.165, 1.54) is 11.6 Å². The number of anilines is 1. The van der Waals surface area contributed by atoms with Gasteiger partial charge in [0.2, 0.25) is 5.82 Å². The number of aryl methyl sites for hydroxylation is 1. The van der Waals surface area contributed by atoms with Crippen molar-refractivity contribution in [2.24, 2.45) is 0 Å². The molecule has 0 N–H and O–H groups in total. The molecule has 2 aromatic rings. The van der Waals surface area contributed by atoms with Crippen LogP contribution in [-0.4, -0.2) is 28.0 Å². The molecule has 0 atom stereocenters. The van der Waals surface area contributed by atoms with Crippen LogP contribution in [0.3, 0.4) is 0 Å². The van der Waals surface area contributed by atoms with Crippen LogP contribution in [0.5, 0.6) is 0 Å². The van der Waals surface area contributed by atoms with Crippen molar-refractivity contribution in [3.8, 4) is 11.8 Å². The number of thiazole rings is 1. The molecule has 1 saturated heterocycles. The van der Waals surface area contributed by atoms with Gasteiger partial charge in [0.05, 0.1) is 9.93 Å². The summed E-state index contributed by atoms with van der Waals surface area (Å²) in [5.41, 5.74) is 2.11. The molecular weight excluding hydrogens is 324 g/mol. The van der Waals surface area contributed by atoms with Crippen molar-refractivity contribution in [1.29, 1.82) is 0 Å². The van der Waals surface area contributed by atoms with E-state index in [2.05, 4.69) is 21.8 Å². The lowest BCUT2D eigenvalue weighted by molar-refractivity contribution is -0.384. The summed E-state index contributed by atoms with van der Waals surface area (Å²) in [5, 5.41) is 14.1. The fourth-order valence-electron chi connectivity index (χ4n) is 2.56. The van der Waals surface area contributed by atoms with Crippen LogP contribution in [-0.2, 0) is 0 Å². The quantitative estimate of drug-likeness (QED) is 0.476. The molecule has 3 rings (SSSR count). The van der Waals surface area contributed by atoms with Gasteiger partial charge in [-0.3, -0.25) is 10.1 Å². The highest BCUT2D eigenvalue weighted by atomic mass is 32.1. The van der Waals surface area contributed by atoms with Gasteiger partial charge in [-0.2, -0.15) is 0 Å². The first-order valence-corrected chi connectivity index (χ1v) is 8.47. The highest BCUT2D eigenvalue weighted by Crippen LogP contribution is 2.28. The van der Waals surface area contributed by atoms with E-state index in [4.69, 9.17) is 0 Å². The fourth-order valence-corrected chi connectivity index (χ4v) is 3.10. The van der Waals surface area contributed by atoms with E-state index in [1.54, 1.807) is 23.6 Å². The Morgan fingerprint density at radius 2 is 2.21 bits per heavy atom. The first kappa shape index (κ1) is 16.1. The maximum atomic E-state index is 11.1. The van der Waals surface area contributed by atoms with Gasteiger partial charge in [0, 0.05) is 30.7 Å². The van der Waals surface area contributed by atoms with Gasteiger partial charge in [0.15, 0.2) is 0 Å². The largest absolute Gasteiger partial charge is 0.350 e. The molecular formula is C17H16N4O2S. The summed E-state index contributed by atoms with van der Waals surface area (Å²) in [4.78, 5) is 21.2. The van der Waals surface area contributed by atoms with Gasteiger partial charge in [-0.25, -0.2) is 9.97 Å². The molecule has 1 aliphatic rings. The first-order valence-electron chi connectivity index (χ1n) is 7.59. The number of hydrogen-bond donors (Lipinski definition) is 0. The number of nitrogens with zero attached hydrogens (tertiary/aromatic N) is 4. The van der Waals surface area contributed by atoms with E-state index in [0.717, 1.165) is 23.5 Å². The molecule has 0 aliphatic carbocycles. The van der Waals surface area contributed by atoms with Gasteiger partial charge >= 0.3 is 5.69 Å². The van der Waals surface area contributed by atoms with Gasteiger partial charge in [0.1, 0.15) is 5.69 Å². The third kappa shape index (κ3) is 3.78. The third-order valence-corrected chi connectivity index (χ3v) is 4.54. The smallest absolute Gasteiger partial charge is 0.311 e. The van der Waals surface area contributed by atoms with Crippen LogP contribution in [0.25, 0.3) is 0 Å². The van der Waals surface area contributed by atoms with Crippen LogP contribution in [0.1, 0.15) is 23.5 Å². The van der Waals surface area contributed by atoms with Crippen molar-refractivity contribution in [3.63, 3.8) is 0 Å². The zero-order valence-electron chi connectivity index (χ0n) is 13.2.